The van der Waals surface area contributed by atoms with E-state index in [0.717, 1.165) is 13.1 Å². The highest BCUT2D eigenvalue weighted by Gasteiger charge is 2.18. The Morgan fingerprint density at radius 2 is 2.22 bits per heavy atom. The van der Waals surface area contributed by atoms with Gasteiger partial charge in [0, 0.05) is 23.2 Å². The van der Waals surface area contributed by atoms with E-state index in [-0.39, 0.29) is 6.61 Å². The van der Waals surface area contributed by atoms with Crippen molar-refractivity contribution < 1.29 is 9.84 Å². The van der Waals surface area contributed by atoms with Crippen molar-refractivity contribution in [3.05, 3.63) is 24.3 Å². The summed E-state index contributed by atoms with van der Waals surface area (Å²) in [5.41, 5.74) is 1.32. The molecule has 100 valence electrons. The fourth-order valence-electron chi connectivity index (χ4n) is 2.13. The summed E-state index contributed by atoms with van der Waals surface area (Å²) in [6, 6.07) is 8.58. The second-order valence-corrected chi connectivity index (χ2v) is 5.99. The number of aliphatic hydroxyl groups excluding tert-OH is 1. The molecule has 2 rings (SSSR count). The van der Waals surface area contributed by atoms with Crippen molar-refractivity contribution in [2.45, 2.75) is 23.5 Å². The van der Waals surface area contributed by atoms with Gasteiger partial charge in [0.1, 0.15) is 0 Å². The second kappa shape index (κ2) is 7.02. The summed E-state index contributed by atoms with van der Waals surface area (Å²) in [7, 11) is 0. The minimum absolute atomic E-state index is 0.101. The van der Waals surface area contributed by atoms with Gasteiger partial charge in [0.2, 0.25) is 0 Å². The molecule has 0 saturated carbocycles. The van der Waals surface area contributed by atoms with Gasteiger partial charge in [-0.2, -0.15) is 0 Å². The summed E-state index contributed by atoms with van der Waals surface area (Å²) in [6.45, 7) is 5.46. The van der Waals surface area contributed by atoms with Crippen molar-refractivity contribution in [3.8, 4) is 0 Å². The number of anilines is 1. The first-order valence-electron chi connectivity index (χ1n) is 6.50. The van der Waals surface area contributed by atoms with Crippen LogP contribution in [0, 0.1) is 0 Å². The van der Waals surface area contributed by atoms with Gasteiger partial charge in [-0.05, 0) is 18.6 Å². The molecule has 1 N–H and O–H groups in total. The summed E-state index contributed by atoms with van der Waals surface area (Å²) in [4.78, 5) is 3.76. The number of fused-ring (bicyclic) bond motifs is 1. The van der Waals surface area contributed by atoms with Crippen LogP contribution in [0.25, 0.3) is 0 Å². The zero-order chi connectivity index (χ0) is 12.8. The molecule has 1 aliphatic heterocycles. The van der Waals surface area contributed by atoms with Crippen molar-refractivity contribution >= 4 is 17.4 Å². The third-order valence-electron chi connectivity index (χ3n) is 3.08. The summed E-state index contributed by atoms with van der Waals surface area (Å²) >= 11 is 1.96. The molecule has 0 amide bonds. The van der Waals surface area contributed by atoms with Crippen LogP contribution in [0.5, 0.6) is 0 Å². The van der Waals surface area contributed by atoms with Gasteiger partial charge < -0.3 is 14.7 Å². The standard InChI is InChI=1S/C14H21NO2S/c1-12-6-7-15(8-10-17-11-9-16)13-4-2-3-5-14(13)18-12/h2-5,12,16H,6-11H2,1H3. The Balaban J connectivity index is 2.01. The van der Waals surface area contributed by atoms with E-state index < -0.39 is 0 Å². The Hall–Kier alpha value is -0.710. The van der Waals surface area contributed by atoms with E-state index in [1.54, 1.807) is 0 Å². The first-order chi connectivity index (χ1) is 8.81. The maximum atomic E-state index is 8.70. The van der Waals surface area contributed by atoms with Crippen molar-refractivity contribution in [1.29, 1.82) is 0 Å². The monoisotopic (exact) mass is 267 g/mol. The molecule has 0 radical (unpaired) electrons. The van der Waals surface area contributed by atoms with Crippen molar-refractivity contribution in [2.75, 3.05) is 37.8 Å². The minimum Gasteiger partial charge on any atom is -0.394 e. The van der Waals surface area contributed by atoms with Crippen LogP contribution in [0.3, 0.4) is 0 Å². The Kier molecular flexibility index (Phi) is 5.35. The molecule has 3 nitrogen and oxygen atoms in total. The number of hydrogen-bond acceptors (Lipinski definition) is 4. The SMILES string of the molecule is CC1CCN(CCOCCO)c2ccccc2S1. The highest BCUT2D eigenvalue weighted by atomic mass is 32.2. The molecule has 0 saturated heterocycles. The Bertz CT molecular complexity index is 373. The fraction of sp³-hybridized carbons (Fsp3) is 0.571. The molecule has 4 heteroatoms. The van der Waals surface area contributed by atoms with Crippen LogP contribution < -0.4 is 4.90 Å². The van der Waals surface area contributed by atoms with Gasteiger partial charge in [0.25, 0.3) is 0 Å². The Morgan fingerprint density at radius 1 is 1.39 bits per heavy atom. The normalized spacial score (nSPS) is 19.4. The molecule has 1 aromatic rings. The van der Waals surface area contributed by atoms with E-state index >= 15 is 0 Å². The number of benzene rings is 1. The quantitative estimate of drug-likeness (QED) is 0.830. The fourth-order valence-corrected chi connectivity index (χ4v) is 3.26. The van der Waals surface area contributed by atoms with Gasteiger partial charge in [0.05, 0.1) is 25.5 Å². The molecule has 0 spiro atoms. The minimum atomic E-state index is 0.101. The smallest absolute Gasteiger partial charge is 0.0698 e. The molecule has 1 unspecified atom stereocenters. The van der Waals surface area contributed by atoms with Crippen LogP contribution in [-0.2, 0) is 4.74 Å². The molecule has 1 aromatic carbocycles. The van der Waals surface area contributed by atoms with Gasteiger partial charge in [-0.25, -0.2) is 0 Å². The number of rotatable bonds is 5. The average Bonchev–Trinajstić information content (AvgIpc) is 2.54. The first-order valence-corrected chi connectivity index (χ1v) is 7.38. The summed E-state index contributed by atoms with van der Waals surface area (Å²) in [5, 5.41) is 9.36. The lowest BCUT2D eigenvalue weighted by Gasteiger charge is -2.24. The molecule has 1 aliphatic rings. The van der Waals surface area contributed by atoms with E-state index in [1.807, 2.05) is 11.8 Å². The molecule has 0 aromatic heterocycles. The zero-order valence-corrected chi connectivity index (χ0v) is 11.7. The number of aliphatic hydroxyl groups is 1. The topological polar surface area (TPSA) is 32.7 Å². The number of ether oxygens (including phenoxy) is 1. The maximum Gasteiger partial charge on any atom is 0.0698 e. The largest absolute Gasteiger partial charge is 0.394 e. The van der Waals surface area contributed by atoms with E-state index in [2.05, 4.69) is 36.1 Å². The average molecular weight is 267 g/mol. The summed E-state index contributed by atoms with van der Waals surface area (Å²) < 4.78 is 5.37. The van der Waals surface area contributed by atoms with E-state index in [1.165, 1.54) is 17.0 Å². The number of para-hydroxylation sites is 1. The summed E-state index contributed by atoms with van der Waals surface area (Å²) in [6.07, 6.45) is 1.19. The van der Waals surface area contributed by atoms with E-state index in [9.17, 15) is 0 Å². The maximum absolute atomic E-state index is 8.70. The van der Waals surface area contributed by atoms with Crippen molar-refractivity contribution in [2.24, 2.45) is 0 Å². The van der Waals surface area contributed by atoms with Gasteiger partial charge in [-0.15, -0.1) is 11.8 Å². The van der Waals surface area contributed by atoms with Crippen LogP contribution in [0.1, 0.15) is 13.3 Å². The van der Waals surface area contributed by atoms with Crippen LogP contribution in [0.15, 0.2) is 29.2 Å². The summed E-state index contributed by atoms with van der Waals surface area (Å²) in [5.74, 6) is 0. The lowest BCUT2D eigenvalue weighted by atomic mass is 10.2. The predicted octanol–water partition coefficient (Wildman–Crippen LogP) is 2.39. The van der Waals surface area contributed by atoms with Gasteiger partial charge in [0.15, 0.2) is 0 Å². The third-order valence-corrected chi connectivity index (χ3v) is 4.32. The molecule has 0 fully saturated rings. The molecule has 1 atom stereocenters. The molecule has 0 aliphatic carbocycles. The van der Waals surface area contributed by atoms with E-state index in [4.69, 9.17) is 9.84 Å². The number of nitrogens with zero attached hydrogens (tertiary/aromatic N) is 1. The van der Waals surface area contributed by atoms with Gasteiger partial charge in [-0.3, -0.25) is 0 Å². The lowest BCUT2D eigenvalue weighted by Crippen LogP contribution is -2.29. The van der Waals surface area contributed by atoms with Crippen molar-refractivity contribution in [3.63, 3.8) is 0 Å². The predicted molar refractivity (Wildman–Crippen MR) is 76.5 cm³/mol. The number of thioether (sulfide) groups is 1. The Morgan fingerprint density at radius 3 is 3.06 bits per heavy atom. The van der Waals surface area contributed by atoms with E-state index in [0.29, 0.717) is 18.5 Å². The highest BCUT2D eigenvalue weighted by molar-refractivity contribution is 8.00. The second-order valence-electron chi connectivity index (χ2n) is 4.51. The molecule has 0 bridgehead atoms. The highest BCUT2D eigenvalue weighted by Crippen LogP contribution is 2.36. The van der Waals surface area contributed by atoms with Crippen LogP contribution in [-0.4, -0.2) is 43.3 Å². The third kappa shape index (κ3) is 3.64. The van der Waals surface area contributed by atoms with Crippen LogP contribution >= 0.6 is 11.8 Å². The molecular weight excluding hydrogens is 246 g/mol. The van der Waals surface area contributed by atoms with Crippen LogP contribution in [0.2, 0.25) is 0 Å². The molecule has 1 heterocycles. The lowest BCUT2D eigenvalue weighted by molar-refractivity contribution is 0.0966. The van der Waals surface area contributed by atoms with Crippen molar-refractivity contribution in [1.82, 2.24) is 0 Å². The van der Waals surface area contributed by atoms with Gasteiger partial charge in [-0.1, -0.05) is 19.1 Å². The number of hydrogen-bond donors (Lipinski definition) is 1. The van der Waals surface area contributed by atoms with Gasteiger partial charge >= 0.3 is 0 Å². The molecule has 18 heavy (non-hydrogen) atoms. The zero-order valence-electron chi connectivity index (χ0n) is 10.8. The Labute approximate surface area is 113 Å². The first kappa shape index (κ1) is 13.7. The van der Waals surface area contributed by atoms with Crippen LogP contribution in [0.4, 0.5) is 5.69 Å². The molecular formula is C14H21NO2S.